The molecule has 1 aliphatic heterocycles. The molecule has 0 aliphatic carbocycles. The molecule has 1 atom stereocenters. The Hall–Kier alpha value is -2.83. The van der Waals surface area contributed by atoms with E-state index in [2.05, 4.69) is 0 Å². The Balaban J connectivity index is 2.09. The number of aliphatic hydroxyl groups excluding tert-OH is 1. The maximum Gasteiger partial charge on any atom is 0.295 e. The fraction of sp³-hybridized carbons (Fsp3) is 0.273. The highest BCUT2D eigenvalue weighted by Gasteiger charge is 2.45. The number of halogens is 1. The SMILES string of the molecule is COCCCN1C(=O)C(=O)C(=C(O)c2ccc(OC)cc2)[C@@H]1c1ccc(Cl)cc1. The third-order valence-corrected chi connectivity index (χ3v) is 5.09. The number of aliphatic hydroxyl groups is 1. The van der Waals surface area contributed by atoms with Gasteiger partial charge in [-0.25, -0.2) is 0 Å². The summed E-state index contributed by atoms with van der Waals surface area (Å²) >= 11 is 6.00. The molecule has 1 saturated heterocycles. The molecule has 0 spiro atoms. The molecule has 0 saturated carbocycles. The Bertz CT molecular complexity index is 921. The highest BCUT2D eigenvalue weighted by atomic mass is 35.5. The van der Waals surface area contributed by atoms with Crippen LogP contribution in [0, 0.1) is 0 Å². The van der Waals surface area contributed by atoms with Crippen molar-refractivity contribution in [2.45, 2.75) is 12.5 Å². The third-order valence-electron chi connectivity index (χ3n) is 4.84. The summed E-state index contributed by atoms with van der Waals surface area (Å²) in [6, 6.07) is 12.8. The smallest absolute Gasteiger partial charge is 0.295 e. The van der Waals surface area contributed by atoms with Gasteiger partial charge in [-0.3, -0.25) is 9.59 Å². The number of ether oxygens (including phenoxy) is 2. The van der Waals surface area contributed by atoms with E-state index in [1.807, 2.05) is 0 Å². The number of ketones is 1. The lowest BCUT2D eigenvalue weighted by Crippen LogP contribution is -2.31. The summed E-state index contributed by atoms with van der Waals surface area (Å²) in [4.78, 5) is 27.1. The second kappa shape index (κ2) is 9.11. The lowest BCUT2D eigenvalue weighted by atomic mass is 9.95. The van der Waals surface area contributed by atoms with Gasteiger partial charge in [0, 0.05) is 30.8 Å². The zero-order chi connectivity index (χ0) is 21.0. The summed E-state index contributed by atoms with van der Waals surface area (Å²) in [7, 11) is 3.12. The van der Waals surface area contributed by atoms with Crippen LogP contribution in [0.1, 0.15) is 23.6 Å². The minimum atomic E-state index is -0.712. The van der Waals surface area contributed by atoms with Crippen LogP contribution in [0.5, 0.6) is 5.75 Å². The molecule has 0 bridgehead atoms. The van der Waals surface area contributed by atoms with Crippen molar-refractivity contribution >= 4 is 29.1 Å². The molecule has 29 heavy (non-hydrogen) atoms. The van der Waals surface area contributed by atoms with Crippen LogP contribution in [0.25, 0.3) is 5.76 Å². The first-order valence-electron chi connectivity index (χ1n) is 9.15. The van der Waals surface area contributed by atoms with Gasteiger partial charge in [-0.2, -0.15) is 0 Å². The second-order valence-electron chi connectivity index (χ2n) is 6.62. The number of hydrogen-bond acceptors (Lipinski definition) is 5. The van der Waals surface area contributed by atoms with Gasteiger partial charge >= 0.3 is 0 Å². The zero-order valence-electron chi connectivity index (χ0n) is 16.2. The number of carbonyl (C=O) groups excluding carboxylic acids is 2. The number of carbonyl (C=O) groups is 2. The van der Waals surface area contributed by atoms with Crippen molar-refractivity contribution in [3.63, 3.8) is 0 Å². The van der Waals surface area contributed by atoms with E-state index in [-0.39, 0.29) is 11.3 Å². The number of nitrogens with zero attached hydrogens (tertiary/aromatic N) is 1. The molecular formula is C22H22ClNO5. The number of Topliss-reactive ketones (excluding diaryl/α,β-unsaturated/α-hetero) is 1. The van der Waals surface area contributed by atoms with Gasteiger partial charge in [0.25, 0.3) is 11.7 Å². The van der Waals surface area contributed by atoms with Gasteiger partial charge in [0.1, 0.15) is 11.5 Å². The summed E-state index contributed by atoms with van der Waals surface area (Å²) < 4.78 is 10.2. The number of benzene rings is 2. The number of rotatable bonds is 7. The number of likely N-dealkylation sites (tertiary alicyclic amines) is 1. The molecule has 7 heteroatoms. The van der Waals surface area contributed by atoms with E-state index in [0.29, 0.717) is 41.5 Å². The first-order chi connectivity index (χ1) is 14.0. The summed E-state index contributed by atoms with van der Waals surface area (Å²) in [6.07, 6.45) is 0.566. The predicted molar refractivity (Wildman–Crippen MR) is 110 cm³/mol. The van der Waals surface area contributed by atoms with E-state index in [1.165, 1.54) is 4.90 Å². The van der Waals surface area contributed by atoms with E-state index < -0.39 is 17.7 Å². The van der Waals surface area contributed by atoms with Crippen LogP contribution < -0.4 is 4.74 Å². The highest BCUT2D eigenvalue weighted by Crippen LogP contribution is 2.39. The van der Waals surface area contributed by atoms with E-state index in [1.54, 1.807) is 62.8 Å². The largest absolute Gasteiger partial charge is 0.507 e. The molecule has 0 radical (unpaired) electrons. The fourth-order valence-corrected chi connectivity index (χ4v) is 3.51. The van der Waals surface area contributed by atoms with Gasteiger partial charge < -0.3 is 19.5 Å². The van der Waals surface area contributed by atoms with Crippen molar-refractivity contribution in [1.29, 1.82) is 0 Å². The molecule has 1 N–H and O–H groups in total. The van der Waals surface area contributed by atoms with E-state index in [0.717, 1.165) is 0 Å². The van der Waals surface area contributed by atoms with Crippen LogP contribution in [0.2, 0.25) is 5.02 Å². The Morgan fingerprint density at radius 1 is 1.07 bits per heavy atom. The second-order valence-corrected chi connectivity index (χ2v) is 7.06. The maximum absolute atomic E-state index is 12.8. The van der Waals surface area contributed by atoms with Gasteiger partial charge in [-0.1, -0.05) is 23.7 Å². The van der Waals surface area contributed by atoms with Crippen molar-refractivity contribution in [1.82, 2.24) is 4.90 Å². The van der Waals surface area contributed by atoms with Crippen LogP contribution >= 0.6 is 11.6 Å². The number of hydrogen-bond donors (Lipinski definition) is 1. The van der Waals surface area contributed by atoms with Crippen LogP contribution in [-0.2, 0) is 14.3 Å². The Morgan fingerprint density at radius 3 is 2.31 bits per heavy atom. The molecule has 2 aromatic carbocycles. The van der Waals surface area contributed by atoms with Crippen molar-refractivity contribution in [3.05, 3.63) is 70.3 Å². The van der Waals surface area contributed by atoms with Crippen molar-refractivity contribution in [3.8, 4) is 5.75 Å². The van der Waals surface area contributed by atoms with Crippen molar-refractivity contribution in [2.24, 2.45) is 0 Å². The van der Waals surface area contributed by atoms with Crippen molar-refractivity contribution < 1.29 is 24.2 Å². The molecule has 152 valence electrons. The van der Waals surface area contributed by atoms with Gasteiger partial charge in [0.2, 0.25) is 0 Å². The van der Waals surface area contributed by atoms with Crippen LogP contribution in [-0.4, -0.2) is 49.1 Å². The summed E-state index contributed by atoms with van der Waals surface area (Å²) in [5, 5.41) is 11.5. The Labute approximate surface area is 174 Å². The molecule has 1 fully saturated rings. The predicted octanol–water partition coefficient (Wildman–Crippen LogP) is 3.81. The Morgan fingerprint density at radius 2 is 1.72 bits per heavy atom. The minimum absolute atomic E-state index is 0.0555. The Kier molecular flexibility index (Phi) is 6.56. The third kappa shape index (κ3) is 4.28. The first-order valence-corrected chi connectivity index (χ1v) is 9.53. The van der Waals surface area contributed by atoms with Gasteiger partial charge in [-0.15, -0.1) is 0 Å². The lowest BCUT2D eigenvalue weighted by Gasteiger charge is -2.25. The monoisotopic (exact) mass is 415 g/mol. The fourth-order valence-electron chi connectivity index (χ4n) is 3.39. The topological polar surface area (TPSA) is 76.1 Å². The summed E-state index contributed by atoms with van der Waals surface area (Å²) in [6.45, 7) is 0.778. The molecule has 2 aromatic rings. The van der Waals surface area contributed by atoms with Crippen molar-refractivity contribution in [2.75, 3.05) is 27.4 Å². The minimum Gasteiger partial charge on any atom is -0.507 e. The molecule has 6 nitrogen and oxygen atoms in total. The van der Waals surface area contributed by atoms with Crippen LogP contribution in [0.3, 0.4) is 0 Å². The van der Waals surface area contributed by atoms with Gasteiger partial charge in [0.15, 0.2) is 0 Å². The first kappa shape index (κ1) is 20.9. The molecule has 0 aromatic heterocycles. The lowest BCUT2D eigenvalue weighted by molar-refractivity contribution is -0.140. The van der Waals surface area contributed by atoms with E-state index in [4.69, 9.17) is 21.1 Å². The summed E-state index contributed by atoms with van der Waals surface area (Å²) in [5.74, 6) is -0.956. The quantitative estimate of drug-likeness (QED) is 0.322. The average Bonchev–Trinajstić information content (AvgIpc) is 2.99. The molecule has 1 amide bonds. The normalized spacial score (nSPS) is 18.3. The average molecular weight is 416 g/mol. The zero-order valence-corrected chi connectivity index (χ0v) is 17.0. The highest BCUT2D eigenvalue weighted by molar-refractivity contribution is 6.46. The van der Waals surface area contributed by atoms with E-state index in [9.17, 15) is 14.7 Å². The van der Waals surface area contributed by atoms with E-state index >= 15 is 0 Å². The van der Waals surface area contributed by atoms with Gasteiger partial charge in [-0.05, 0) is 48.4 Å². The maximum atomic E-state index is 12.8. The molecule has 1 heterocycles. The number of amides is 1. The number of methoxy groups -OCH3 is 2. The molecular weight excluding hydrogens is 394 g/mol. The standard InChI is InChI=1S/C22H22ClNO5/c1-28-13-3-12-24-19(14-4-8-16(23)9-5-14)18(21(26)22(24)27)20(25)15-6-10-17(29-2)11-7-15/h4-11,19,25H,3,12-13H2,1-2H3/t19-/m0/s1. The summed E-state index contributed by atoms with van der Waals surface area (Å²) in [5.41, 5.74) is 1.18. The molecule has 0 unspecified atom stereocenters. The van der Waals surface area contributed by atoms with Gasteiger partial charge in [0.05, 0.1) is 18.7 Å². The molecule has 1 aliphatic rings. The molecule has 3 rings (SSSR count). The van der Waals surface area contributed by atoms with Crippen LogP contribution in [0.15, 0.2) is 54.1 Å². The van der Waals surface area contributed by atoms with Crippen LogP contribution in [0.4, 0.5) is 0 Å².